The first-order valence-corrected chi connectivity index (χ1v) is 8.53. The second-order valence-corrected chi connectivity index (χ2v) is 6.27. The van der Waals surface area contributed by atoms with Crippen molar-refractivity contribution in [2.45, 2.75) is 18.8 Å². The van der Waals surface area contributed by atoms with Gasteiger partial charge in [-0.05, 0) is 30.0 Å². The largest absolute Gasteiger partial charge is 0.343 e. The predicted molar refractivity (Wildman–Crippen MR) is 94.1 cm³/mol. The maximum Gasteiger partial charge on any atom is 0.254 e. The van der Waals surface area contributed by atoms with Gasteiger partial charge < -0.3 is 9.42 Å². The van der Waals surface area contributed by atoms with Crippen molar-refractivity contribution in [3.05, 3.63) is 72.4 Å². The van der Waals surface area contributed by atoms with Crippen LogP contribution in [0.3, 0.4) is 0 Å². The van der Waals surface area contributed by atoms with E-state index >= 15 is 0 Å². The highest BCUT2D eigenvalue weighted by molar-refractivity contribution is 6.00. The third-order valence-corrected chi connectivity index (χ3v) is 4.77. The Morgan fingerprint density at radius 2 is 1.72 bits per heavy atom. The topological polar surface area (TPSA) is 59.2 Å². The summed E-state index contributed by atoms with van der Waals surface area (Å²) in [4.78, 5) is 19.1. The van der Waals surface area contributed by atoms with E-state index in [9.17, 15) is 4.79 Å². The summed E-state index contributed by atoms with van der Waals surface area (Å²) >= 11 is 0. The smallest absolute Gasteiger partial charge is 0.254 e. The van der Waals surface area contributed by atoms with Gasteiger partial charge in [0.05, 0.1) is 0 Å². The van der Waals surface area contributed by atoms with E-state index in [1.54, 1.807) is 0 Å². The molecular formula is C20H19N3O2. The molecule has 1 aromatic heterocycles. The average molecular weight is 333 g/mol. The van der Waals surface area contributed by atoms with Crippen LogP contribution in [0.4, 0.5) is 0 Å². The molecule has 25 heavy (non-hydrogen) atoms. The lowest BCUT2D eigenvalue weighted by molar-refractivity contribution is 0.0711. The summed E-state index contributed by atoms with van der Waals surface area (Å²) < 4.78 is 4.83. The van der Waals surface area contributed by atoms with Crippen LogP contribution in [0.15, 0.2) is 65.5 Å². The van der Waals surface area contributed by atoms with E-state index in [2.05, 4.69) is 10.1 Å². The van der Waals surface area contributed by atoms with E-state index in [1.807, 2.05) is 59.5 Å². The molecule has 0 radical (unpaired) electrons. The lowest BCUT2D eigenvalue weighted by Crippen LogP contribution is -2.38. The first-order chi connectivity index (χ1) is 12.3. The third kappa shape index (κ3) is 3.18. The van der Waals surface area contributed by atoms with E-state index < -0.39 is 0 Å². The summed E-state index contributed by atoms with van der Waals surface area (Å²) in [5.41, 5.74) is 2.80. The van der Waals surface area contributed by atoms with Gasteiger partial charge in [0.2, 0.25) is 6.39 Å². The molecule has 5 heteroatoms. The number of benzene rings is 2. The molecule has 2 aromatic carbocycles. The molecule has 1 saturated heterocycles. The van der Waals surface area contributed by atoms with Crippen molar-refractivity contribution in [1.29, 1.82) is 0 Å². The van der Waals surface area contributed by atoms with Crippen LogP contribution in [0.1, 0.15) is 34.9 Å². The second-order valence-electron chi connectivity index (χ2n) is 6.27. The van der Waals surface area contributed by atoms with Crippen LogP contribution in [0.5, 0.6) is 0 Å². The Labute approximate surface area is 146 Å². The second kappa shape index (κ2) is 6.89. The maximum absolute atomic E-state index is 13.1. The number of carbonyl (C=O) groups is 1. The van der Waals surface area contributed by atoms with Gasteiger partial charge in [-0.1, -0.05) is 53.7 Å². The SMILES string of the molecule is O=C(c1ccccc1-c1ccccc1)N1CCC(c2ncon2)CC1. The summed E-state index contributed by atoms with van der Waals surface area (Å²) in [6.07, 6.45) is 3.08. The number of hydrogen-bond acceptors (Lipinski definition) is 4. The van der Waals surface area contributed by atoms with E-state index in [0.29, 0.717) is 13.1 Å². The highest BCUT2D eigenvalue weighted by Gasteiger charge is 2.27. The van der Waals surface area contributed by atoms with Crippen LogP contribution in [-0.2, 0) is 0 Å². The molecule has 0 saturated carbocycles. The van der Waals surface area contributed by atoms with Gasteiger partial charge in [-0.15, -0.1) is 0 Å². The number of likely N-dealkylation sites (tertiary alicyclic amines) is 1. The molecule has 0 unspecified atom stereocenters. The Bertz CT molecular complexity index is 838. The molecule has 1 fully saturated rings. The lowest BCUT2D eigenvalue weighted by atomic mass is 9.94. The zero-order chi connectivity index (χ0) is 17.1. The fourth-order valence-corrected chi connectivity index (χ4v) is 3.41. The van der Waals surface area contributed by atoms with Gasteiger partial charge in [-0.3, -0.25) is 4.79 Å². The van der Waals surface area contributed by atoms with Crippen LogP contribution in [-0.4, -0.2) is 34.0 Å². The van der Waals surface area contributed by atoms with E-state index in [0.717, 1.165) is 35.4 Å². The molecular weight excluding hydrogens is 314 g/mol. The van der Waals surface area contributed by atoms with Crippen molar-refractivity contribution < 1.29 is 9.32 Å². The van der Waals surface area contributed by atoms with Gasteiger partial charge in [-0.25, -0.2) is 0 Å². The van der Waals surface area contributed by atoms with Gasteiger partial charge in [0.1, 0.15) is 0 Å². The molecule has 1 aliphatic rings. The van der Waals surface area contributed by atoms with Crippen LogP contribution in [0.25, 0.3) is 11.1 Å². The van der Waals surface area contributed by atoms with Gasteiger partial charge in [0, 0.05) is 24.6 Å². The number of rotatable bonds is 3. The fraction of sp³-hybridized carbons (Fsp3) is 0.250. The van der Waals surface area contributed by atoms with E-state index in [4.69, 9.17) is 4.52 Å². The highest BCUT2D eigenvalue weighted by atomic mass is 16.5. The normalized spacial score (nSPS) is 15.3. The molecule has 0 N–H and O–H groups in total. The number of aromatic nitrogens is 2. The summed E-state index contributed by atoms with van der Waals surface area (Å²) in [6, 6.07) is 17.9. The molecule has 4 rings (SSSR count). The Morgan fingerprint density at radius 1 is 1.00 bits per heavy atom. The summed E-state index contributed by atoms with van der Waals surface area (Å²) in [5.74, 6) is 1.11. The standard InChI is InChI=1S/C20H19N3O2/c24-20(23-12-10-16(11-13-23)19-21-14-25-22-19)18-9-5-4-8-17(18)15-6-2-1-3-7-15/h1-9,14,16H,10-13H2. The molecule has 0 bridgehead atoms. The van der Waals surface area contributed by atoms with Crippen molar-refractivity contribution in [3.8, 4) is 11.1 Å². The van der Waals surface area contributed by atoms with Crippen LogP contribution in [0, 0.1) is 0 Å². The number of amides is 1. The summed E-state index contributed by atoms with van der Waals surface area (Å²) in [7, 11) is 0. The predicted octanol–water partition coefficient (Wildman–Crippen LogP) is 3.76. The molecule has 5 nitrogen and oxygen atoms in total. The van der Waals surface area contributed by atoms with Crippen LogP contribution < -0.4 is 0 Å². The quantitative estimate of drug-likeness (QED) is 0.732. The van der Waals surface area contributed by atoms with Crippen molar-refractivity contribution in [3.63, 3.8) is 0 Å². The van der Waals surface area contributed by atoms with Gasteiger partial charge in [0.15, 0.2) is 5.82 Å². The Balaban J connectivity index is 1.53. The molecule has 3 aromatic rings. The molecule has 1 amide bonds. The monoisotopic (exact) mass is 333 g/mol. The number of carbonyl (C=O) groups excluding carboxylic acids is 1. The van der Waals surface area contributed by atoms with Gasteiger partial charge in [0.25, 0.3) is 5.91 Å². The number of piperidine rings is 1. The Morgan fingerprint density at radius 3 is 2.44 bits per heavy atom. The minimum Gasteiger partial charge on any atom is -0.343 e. The Hall–Kier alpha value is -2.95. The molecule has 0 atom stereocenters. The lowest BCUT2D eigenvalue weighted by Gasteiger charge is -2.31. The first-order valence-electron chi connectivity index (χ1n) is 8.53. The molecule has 0 spiro atoms. The highest BCUT2D eigenvalue weighted by Crippen LogP contribution is 2.29. The minimum absolute atomic E-state index is 0.0889. The zero-order valence-electron chi connectivity index (χ0n) is 13.8. The first kappa shape index (κ1) is 15.6. The number of nitrogens with zero attached hydrogens (tertiary/aromatic N) is 3. The van der Waals surface area contributed by atoms with E-state index in [-0.39, 0.29) is 11.8 Å². The summed E-state index contributed by atoms with van der Waals surface area (Å²) in [5, 5.41) is 3.93. The van der Waals surface area contributed by atoms with Crippen LogP contribution in [0.2, 0.25) is 0 Å². The molecule has 2 heterocycles. The zero-order valence-corrected chi connectivity index (χ0v) is 13.8. The van der Waals surface area contributed by atoms with Gasteiger partial charge in [-0.2, -0.15) is 4.98 Å². The van der Waals surface area contributed by atoms with Crippen LogP contribution >= 0.6 is 0 Å². The molecule has 1 aliphatic heterocycles. The third-order valence-electron chi connectivity index (χ3n) is 4.77. The molecule has 0 aliphatic carbocycles. The average Bonchev–Trinajstić information content (AvgIpc) is 3.23. The van der Waals surface area contributed by atoms with Crippen molar-refractivity contribution >= 4 is 5.91 Å². The Kier molecular flexibility index (Phi) is 4.29. The minimum atomic E-state index is 0.0889. The van der Waals surface area contributed by atoms with Crippen molar-refractivity contribution in [2.24, 2.45) is 0 Å². The van der Waals surface area contributed by atoms with Crippen molar-refractivity contribution in [1.82, 2.24) is 15.0 Å². The van der Waals surface area contributed by atoms with E-state index in [1.165, 1.54) is 6.39 Å². The number of hydrogen-bond donors (Lipinski definition) is 0. The van der Waals surface area contributed by atoms with Crippen molar-refractivity contribution in [2.75, 3.05) is 13.1 Å². The van der Waals surface area contributed by atoms with Gasteiger partial charge >= 0.3 is 0 Å². The molecule has 126 valence electrons. The summed E-state index contributed by atoms with van der Waals surface area (Å²) in [6.45, 7) is 1.42. The maximum atomic E-state index is 13.1. The fourth-order valence-electron chi connectivity index (χ4n) is 3.41.